The zero-order valence-corrected chi connectivity index (χ0v) is 14.3. The Hall–Kier alpha value is -0.480. The van der Waals surface area contributed by atoms with Crippen LogP contribution in [0.15, 0.2) is 41.3 Å². The fourth-order valence-corrected chi connectivity index (χ4v) is 6.07. The van der Waals surface area contributed by atoms with E-state index in [2.05, 4.69) is 70.8 Å². The number of hydrogen-bond donors (Lipinski definition) is 0. The number of hydrogen-bond acceptors (Lipinski definition) is 1. The van der Waals surface area contributed by atoms with Crippen molar-refractivity contribution < 1.29 is 0 Å². The Morgan fingerprint density at radius 1 is 0.900 bits per heavy atom. The molecular weight excluding hydrogens is 375 g/mol. The van der Waals surface area contributed by atoms with Crippen LogP contribution in [0.2, 0.25) is 0 Å². The van der Waals surface area contributed by atoms with Gasteiger partial charge < -0.3 is 0 Å². The fraction of sp³-hybridized carbons (Fsp3) is 0.333. The van der Waals surface area contributed by atoms with Crippen LogP contribution in [0.5, 0.6) is 0 Å². The summed E-state index contributed by atoms with van der Waals surface area (Å²) >= 11 is 4.69. The summed E-state index contributed by atoms with van der Waals surface area (Å²) in [6.45, 7) is 0. The van der Waals surface area contributed by atoms with Gasteiger partial charge >= 0.3 is 0 Å². The molecule has 1 unspecified atom stereocenters. The molecule has 0 amide bonds. The lowest BCUT2D eigenvalue weighted by Crippen LogP contribution is -2.06. The van der Waals surface area contributed by atoms with E-state index in [1.807, 2.05) is 0 Å². The molecule has 2 aliphatic rings. The third-order valence-corrected chi connectivity index (χ3v) is 7.05. The van der Waals surface area contributed by atoms with Crippen molar-refractivity contribution in [3.05, 3.63) is 64.2 Å². The molecule has 102 valence electrons. The van der Waals surface area contributed by atoms with Gasteiger partial charge in [0.25, 0.3) is 0 Å². The van der Waals surface area contributed by atoms with Gasteiger partial charge in [0.2, 0.25) is 0 Å². The first kappa shape index (κ1) is 13.2. The molecule has 2 aromatic carbocycles. The molecule has 0 spiro atoms. The van der Waals surface area contributed by atoms with Crippen LogP contribution < -0.4 is 0 Å². The Balaban J connectivity index is 1.89. The van der Waals surface area contributed by atoms with Crippen LogP contribution in [-0.2, 0) is 18.6 Å². The number of fused-ring (bicyclic) bond motifs is 4. The number of halogens is 1. The number of rotatable bonds is 0. The Morgan fingerprint density at radius 3 is 2.70 bits per heavy atom. The van der Waals surface area contributed by atoms with E-state index in [1.165, 1.54) is 36.8 Å². The topological polar surface area (TPSA) is 0 Å². The van der Waals surface area contributed by atoms with Crippen molar-refractivity contribution in [2.75, 3.05) is 0 Å². The minimum absolute atomic E-state index is 0.501. The lowest BCUT2D eigenvalue weighted by Gasteiger charge is -2.22. The van der Waals surface area contributed by atoms with Crippen LogP contribution in [0.1, 0.15) is 44.6 Å². The van der Waals surface area contributed by atoms with Crippen LogP contribution in [0, 0.1) is 0 Å². The smallest absolute Gasteiger partial charge is 0.0622 e. The van der Waals surface area contributed by atoms with Crippen LogP contribution in [0.4, 0.5) is 0 Å². The zero-order chi connectivity index (χ0) is 13.5. The standard InChI is InChI=1S/C18H17IS/c19-17-14-7-3-2-6-13(14)11-20-18-15-8-4-1-5-12(15)9-10-16(17)18/h2-3,6-7,9-10,17H,1,4-5,8,11H2. The minimum atomic E-state index is 0.501. The quantitative estimate of drug-likeness (QED) is 0.410. The van der Waals surface area contributed by atoms with Crippen molar-refractivity contribution in [2.45, 2.75) is 40.3 Å². The summed E-state index contributed by atoms with van der Waals surface area (Å²) in [7, 11) is 0. The van der Waals surface area contributed by atoms with Gasteiger partial charge in [0.05, 0.1) is 3.92 Å². The number of thioether (sulfide) groups is 1. The highest BCUT2D eigenvalue weighted by molar-refractivity contribution is 14.1. The molecule has 0 nitrogen and oxygen atoms in total. The summed E-state index contributed by atoms with van der Waals surface area (Å²) in [5, 5.41) is 0. The van der Waals surface area contributed by atoms with E-state index in [4.69, 9.17) is 0 Å². The predicted octanol–water partition coefficient (Wildman–Crippen LogP) is 5.70. The predicted molar refractivity (Wildman–Crippen MR) is 95.0 cm³/mol. The molecule has 0 N–H and O–H groups in total. The molecule has 4 rings (SSSR count). The van der Waals surface area contributed by atoms with Gasteiger partial charge in [-0.3, -0.25) is 0 Å². The summed E-state index contributed by atoms with van der Waals surface area (Å²) in [5.41, 5.74) is 7.83. The van der Waals surface area contributed by atoms with E-state index in [0.717, 1.165) is 5.75 Å². The van der Waals surface area contributed by atoms with Gasteiger partial charge in [-0.15, -0.1) is 11.8 Å². The summed E-state index contributed by atoms with van der Waals surface area (Å²) in [6.07, 6.45) is 5.29. The molecule has 1 aliphatic heterocycles. The molecule has 1 aliphatic carbocycles. The van der Waals surface area contributed by atoms with Gasteiger partial charge in [0.1, 0.15) is 0 Å². The van der Waals surface area contributed by atoms with Gasteiger partial charge in [0.15, 0.2) is 0 Å². The van der Waals surface area contributed by atoms with Crippen molar-refractivity contribution in [3.8, 4) is 0 Å². The minimum Gasteiger partial charge on any atom is -0.121 e. The van der Waals surface area contributed by atoms with E-state index in [-0.39, 0.29) is 0 Å². The molecule has 0 saturated carbocycles. The Morgan fingerprint density at radius 2 is 1.75 bits per heavy atom. The number of aryl methyl sites for hydroxylation is 1. The molecular formula is C18H17IS. The second-order valence-corrected chi connectivity index (χ2v) is 7.91. The van der Waals surface area contributed by atoms with Gasteiger partial charge in [-0.05, 0) is 53.5 Å². The molecule has 2 heteroatoms. The van der Waals surface area contributed by atoms with Crippen LogP contribution in [0.3, 0.4) is 0 Å². The second kappa shape index (κ2) is 5.38. The van der Waals surface area contributed by atoms with Crippen molar-refractivity contribution in [1.82, 2.24) is 0 Å². The van der Waals surface area contributed by atoms with Crippen LogP contribution in [0.25, 0.3) is 0 Å². The summed E-state index contributed by atoms with van der Waals surface area (Å²) in [6, 6.07) is 13.7. The molecule has 2 aromatic rings. The highest BCUT2D eigenvalue weighted by atomic mass is 127. The maximum Gasteiger partial charge on any atom is 0.0622 e. The maximum atomic E-state index is 2.63. The van der Waals surface area contributed by atoms with Crippen molar-refractivity contribution in [1.29, 1.82) is 0 Å². The van der Waals surface area contributed by atoms with Crippen LogP contribution in [-0.4, -0.2) is 0 Å². The molecule has 0 aromatic heterocycles. The Bertz CT molecular complexity index is 662. The first-order valence-electron chi connectivity index (χ1n) is 7.34. The van der Waals surface area contributed by atoms with Gasteiger partial charge in [0, 0.05) is 10.6 Å². The molecule has 0 bridgehead atoms. The van der Waals surface area contributed by atoms with E-state index in [0.29, 0.717) is 3.92 Å². The Kier molecular flexibility index (Phi) is 3.55. The Labute approximate surface area is 138 Å². The zero-order valence-electron chi connectivity index (χ0n) is 11.4. The largest absolute Gasteiger partial charge is 0.121 e. The average Bonchev–Trinajstić information content (AvgIpc) is 2.65. The third kappa shape index (κ3) is 2.12. The van der Waals surface area contributed by atoms with E-state index in [1.54, 1.807) is 21.6 Å². The fourth-order valence-electron chi connectivity index (χ4n) is 3.41. The van der Waals surface area contributed by atoms with Gasteiger partial charge in [-0.25, -0.2) is 0 Å². The average molecular weight is 392 g/mol. The molecule has 1 heterocycles. The van der Waals surface area contributed by atoms with E-state index < -0.39 is 0 Å². The van der Waals surface area contributed by atoms with Gasteiger partial charge in [-0.1, -0.05) is 59.0 Å². The highest BCUT2D eigenvalue weighted by Gasteiger charge is 2.25. The maximum absolute atomic E-state index is 2.63. The summed E-state index contributed by atoms with van der Waals surface area (Å²) in [5.74, 6) is 1.12. The van der Waals surface area contributed by atoms with E-state index in [9.17, 15) is 0 Å². The summed E-state index contributed by atoms with van der Waals surface area (Å²) in [4.78, 5) is 1.60. The normalized spacial score (nSPS) is 20.6. The monoisotopic (exact) mass is 392 g/mol. The number of benzene rings is 2. The SMILES string of the molecule is IC1c2ccccc2CSc2c1ccc1c2CCCC1. The first-order chi connectivity index (χ1) is 9.84. The molecule has 20 heavy (non-hydrogen) atoms. The molecule has 1 atom stereocenters. The third-order valence-electron chi connectivity index (χ3n) is 4.48. The molecule has 0 radical (unpaired) electrons. The molecule has 0 fully saturated rings. The first-order valence-corrected chi connectivity index (χ1v) is 9.57. The van der Waals surface area contributed by atoms with Crippen molar-refractivity contribution in [3.63, 3.8) is 0 Å². The second-order valence-electron chi connectivity index (χ2n) is 5.68. The van der Waals surface area contributed by atoms with Gasteiger partial charge in [-0.2, -0.15) is 0 Å². The van der Waals surface area contributed by atoms with Crippen molar-refractivity contribution in [2.24, 2.45) is 0 Å². The molecule has 0 saturated heterocycles. The van der Waals surface area contributed by atoms with Crippen LogP contribution >= 0.6 is 34.4 Å². The summed E-state index contributed by atoms with van der Waals surface area (Å²) < 4.78 is 0.501. The van der Waals surface area contributed by atoms with E-state index >= 15 is 0 Å². The lowest BCUT2D eigenvalue weighted by molar-refractivity contribution is 0.673. The lowest BCUT2D eigenvalue weighted by atomic mass is 9.89. The number of alkyl halides is 1. The van der Waals surface area contributed by atoms with Crippen molar-refractivity contribution >= 4 is 34.4 Å². The highest BCUT2D eigenvalue weighted by Crippen LogP contribution is 2.46.